The van der Waals surface area contributed by atoms with Crippen molar-refractivity contribution in [3.05, 3.63) is 16.8 Å². The fourth-order valence-electron chi connectivity index (χ4n) is 0.886. The fraction of sp³-hybridized carbons (Fsp3) is 0.375. The van der Waals surface area contributed by atoms with E-state index in [1.165, 1.54) is 0 Å². The molecule has 1 heterocycles. The summed E-state index contributed by atoms with van der Waals surface area (Å²) in [6, 6.07) is 1.40. The van der Waals surface area contributed by atoms with E-state index in [1.54, 1.807) is 11.3 Å². The van der Waals surface area contributed by atoms with E-state index in [0.717, 1.165) is 5.69 Å². The van der Waals surface area contributed by atoms with E-state index in [1.807, 2.05) is 23.8 Å². The van der Waals surface area contributed by atoms with Crippen LogP contribution >= 0.6 is 11.3 Å². The molecule has 0 fully saturated rings. The number of hydrogen-bond donors (Lipinski definition) is 2. The Kier molecular flexibility index (Phi) is 3.10. The molecule has 0 aliphatic heterocycles. The third kappa shape index (κ3) is 2.23. The molecule has 1 rings (SSSR count). The number of thiophene rings is 1. The number of carboxylic acids is 1. The molecule has 66 valence electrons. The number of rotatable bonds is 4. The van der Waals surface area contributed by atoms with Crippen molar-refractivity contribution in [2.24, 2.45) is 0 Å². The van der Waals surface area contributed by atoms with Crippen LogP contribution < -0.4 is 5.32 Å². The number of carboxylic acid groups (broad SMARTS) is 1. The topological polar surface area (TPSA) is 49.3 Å². The van der Waals surface area contributed by atoms with Gasteiger partial charge in [-0.2, -0.15) is 11.3 Å². The molecule has 3 nitrogen and oxygen atoms in total. The van der Waals surface area contributed by atoms with Crippen molar-refractivity contribution in [3.8, 4) is 0 Å². The van der Waals surface area contributed by atoms with E-state index < -0.39 is 12.0 Å². The molecule has 1 aromatic heterocycles. The molecule has 0 radical (unpaired) electrons. The maximum Gasteiger partial charge on any atom is 0.326 e. The van der Waals surface area contributed by atoms with E-state index in [9.17, 15) is 4.79 Å². The van der Waals surface area contributed by atoms with Gasteiger partial charge in [-0.25, -0.2) is 4.79 Å². The molecule has 0 saturated heterocycles. The number of nitrogens with one attached hydrogen (secondary N) is 1. The third-order valence-electron chi connectivity index (χ3n) is 1.57. The summed E-state index contributed by atoms with van der Waals surface area (Å²) in [4.78, 5) is 10.6. The Hall–Kier alpha value is -1.03. The molecule has 0 aromatic carbocycles. The van der Waals surface area contributed by atoms with Crippen molar-refractivity contribution in [2.75, 3.05) is 5.32 Å². The van der Waals surface area contributed by atoms with Crippen molar-refractivity contribution in [1.29, 1.82) is 0 Å². The second kappa shape index (κ2) is 4.11. The lowest BCUT2D eigenvalue weighted by molar-refractivity contribution is -0.137. The van der Waals surface area contributed by atoms with E-state index in [2.05, 4.69) is 5.32 Å². The van der Waals surface area contributed by atoms with Gasteiger partial charge < -0.3 is 10.4 Å². The number of hydrogen-bond acceptors (Lipinski definition) is 3. The molecular formula is C8H11NO2S. The highest BCUT2D eigenvalue weighted by Gasteiger charge is 2.13. The summed E-state index contributed by atoms with van der Waals surface area (Å²) in [6.45, 7) is 1.85. The van der Waals surface area contributed by atoms with Gasteiger partial charge >= 0.3 is 5.97 Å². The first kappa shape index (κ1) is 9.06. The zero-order valence-corrected chi connectivity index (χ0v) is 7.60. The molecule has 0 aliphatic rings. The van der Waals surface area contributed by atoms with Gasteiger partial charge in [0.05, 0.1) is 0 Å². The molecule has 2 N–H and O–H groups in total. The standard InChI is InChI=1S/C8H11NO2S/c1-2-7(8(10)11)9-6-3-4-12-5-6/h3-5,7,9H,2H2,1H3,(H,10,11). The Balaban J connectivity index is 2.54. The van der Waals surface area contributed by atoms with Crippen LogP contribution in [0, 0.1) is 0 Å². The first-order valence-corrected chi connectivity index (χ1v) is 4.70. The summed E-state index contributed by atoms with van der Waals surface area (Å²) in [7, 11) is 0. The summed E-state index contributed by atoms with van der Waals surface area (Å²) in [6.07, 6.45) is 0.588. The van der Waals surface area contributed by atoms with Crippen LogP contribution in [0.2, 0.25) is 0 Å². The minimum Gasteiger partial charge on any atom is -0.480 e. The molecule has 0 spiro atoms. The highest BCUT2D eigenvalue weighted by Crippen LogP contribution is 2.13. The monoisotopic (exact) mass is 185 g/mol. The van der Waals surface area contributed by atoms with Crippen LogP contribution in [-0.2, 0) is 4.79 Å². The SMILES string of the molecule is CCC(Nc1ccsc1)C(=O)O. The largest absolute Gasteiger partial charge is 0.480 e. The Morgan fingerprint density at radius 3 is 3.00 bits per heavy atom. The Morgan fingerprint density at radius 1 is 1.83 bits per heavy atom. The Labute approximate surface area is 75.0 Å². The fourth-order valence-corrected chi connectivity index (χ4v) is 1.48. The molecule has 1 aromatic rings. The molecule has 0 aliphatic carbocycles. The van der Waals surface area contributed by atoms with Gasteiger partial charge in [-0.15, -0.1) is 0 Å². The quantitative estimate of drug-likeness (QED) is 0.754. The van der Waals surface area contributed by atoms with Crippen LogP contribution in [0.4, 0.5) is 5.69 Å². The third-order valence-corrected chi connectivity index (χ3v) is 2.25. The van der Waals surface area contributed by atoms with E-state index in [4.69, 9.17) is 5.11 Å². The smallest absolute Gasteiger partial charge is 0.326 e. The van der Waals surface area contributed by atoms with Crippen molar-refractivity contribution in [3.63, 3.8) is 0 Å². The van der Waals surface area contributed by atoms with Crippen LogP contribution in [0.15, 0.2) is 16.8 Å². The van der Waals surface area contributed by atoms with Crippen LogP contribution in [0.3, 0.4) is 0 Å². The van der Waals surface area contributed by atoms with Crippen molar-refractivity contribution in [2.45, 2.75) is 19.4 Å². The molecule has 0 saturated carbocycles. The molecular weight excluding hydrogens is 174 g/mol. The predicted molar refractivity (Wildman–Crippen MR) is 49.7 cm³/mol. The molecule has 1 unspecified atom stereocenters. The number of aliphatic carboxylic acids is 1. The second-order valence-electron chi connectivity index (χ2n) is 2.46. The maximum atomic E-state index is 10.6. The lowest BCUT2D eigenvalue weighted by atomic mass is 10.2. The normalized spacial score (nSPS) is 12.4. The zero-order chi connectivity index (χ0) is 8.97. The van der Waals surface area contributed by atoms with Crippen molar-refractivity contribution < 1.29 is 9.90 Å². The van der Waals surface area contributed by atoms with Crippen LogP contribution in [0.5, 0.6) is 0 Å². The van der Waals surface area contributed by atoms with Gasteiger partial charge in [-0.1, -0.05) is 6.92 Å². The predicted octanol–water partition coefficient (Wildman–Crippen LogP) is 2.02. The minimum absolute atomic E-state index is 0.473. The number of carbonyl (C=O) groups is 1. The van der Waals surface area contributed by atoms with Gasteiger partial charge in [0.15, 0.2) is 0 Å². The Bertz CT molecular complexity index is 246. The lowest BCUT2D eigenvalue weighted by Crippen LogP contribution is -2.27. The Morgan fingerprint density at radius 2 is 2.58 bits per heavy atom. The highest BCUT2D eigenvalue weighted by molar-refractivity contribution is 7.08. The first-order valence-electron chi connectivity index (χ1n) is 3.75. The number of anilines is 1. The van der Waals surface area contributed by atoms with Crippen LogP contribution in [0.25, 0.3) is 0 Å². The molecule has 0 amide bonds. The molecule has 1 atom stereocenters. The van der Waals surface area contributed by atoms with Crippen molar-refractivity contribution >= 4 is 23.0 Å². The van der Waals surface area contributed by atoms with Gasteiger partial charge in [0, 0.05) is 11.1 Å². The average molecular weight is 185 g/mol. The van der Waals surface area contributed by atoms with Gasteiger partial charge in [-0.05, 0) is 17.9 Å². The van der Waals surface area contributed by atoms with Gasteiger partial charge in [-0.3, -0.25) is 0 Å². The van der Waals surface area contributed by atoms with Gasteiger partial charge in [0.2, 0.25) is 0 Å². The summed E-state index contributed by atoms with van der Waals surface area (Å²) in [5.74, 6) is -0.802. The molecule has 4 heteroatoms. The summed E-state index contributed by atoms with van der Waals surface area (Å²) >= 11 is 1.55. The highest BCUT2D eigenvalue weighted by atomic mass is 32.1. The molecule has 12 heavy (non-hydrogen) atoms. The van der Waals surface area contributed by atoms with E-state index in [0.29, 0.717) is 6.42 Å². The van der Waals surface area contributed by atoms with Crippen molar-refractivity contribution in [1.82, 2.24) is 0 Å². The van der Waals surface area contributed by atoms with Crippen LogP contribution in [0.1, 0.15) is 13.3 Å². The summed E-state index contributed by atoms with van der Waals surface area (Å²) in [5, 5.41) is 15.4. The zero-order valence-electron chi connectivity index (χ0n) is 6.78. The van der Waals surface area contributed by atoms with Gasteiger partial charge in [0.1, 0.15) is 6.04 Å². The van der Waals surface area contributed by atoms with Gasteiger partial charge in [0.25, 0.3) is 0 Å². The summed E-state index contributed by atoms with van der Waals surface area (Å²) in [5.41, 5.74) is 0.884. The van der Waals surface area contributed by atoms with Crippen LogP contribution in [-0.4, -0.2) is 17.1 Å². The van der Waals surface area contributed by atoms with E-state index >= 15 is 0 Å². The second-order valence-corrected chi connectivity index (χ2v) is 3.24. The minimum atomic E-state index is -0.802. The average Bonchev–Trinajstić information content (AvgIpc) is 2.51. The van der Waals surface area contributed by atoms with E-state index in [-0.39, 0.29) is 0 Å². The first-order chi connectivity index (χ1) is 5.74. The maximum absolute atomic E-state index is 10.6. The molecule has 0 bridgehead atoms. The summed E-state index contributed by atoms with van der Waals surface area (Å²) < 4.78 is 0. The lowest BCUT2D eigenvalue weighted by Gasteiger charge is -2.11.